The van der Waals surface area contributed by atoms with E-state index in [2.05, 4.69) is 31.3 Å². The number of hydrogen-bond acceptors (Lipinski definition) is 4. The first kappa shape index (κ1) is 18.9. The number of carbonyl (C=O) groups excluding carboxylic acids is 2. The summed E-state index contributed by atoms with van der Waals surface area (Å²) >= 11 is 0. The van der Waals surface area contributed by atoms with E-state index in [-0.39, 0.29) is 35.9 Å². The summed E-state index contributed by atoms with van der Waals surface area (Å²) in [5.41, 5.74) is 1.07. The highest BCUT2D eigenvalue weighted by Crippen LogP contribution is 2.43. The van der Waals surface area contributed by atoms with Crippen molar-refractivity contribution in [1.82, 2.24) is 15.1 Å². The molecule has 1 aromatic carbocycles. The number of benzene rings is 1. The van der Waals surface area contributed by atoms with Gasteiger partial charge in [-0.15, -0.1) is 0 Å². The van der Waals surface area contributed by atoms with Crippen molar-refractivity contribution in [2.75, 3.05) is 33.2 Å². The van der Waals surface area contributed by atoms with Gasteiger partial charge in [-0.1, -0.05) is 44.2 Å². The summed E-state index contributed by atoms with van der Waals surface area (Å²) < 4.78 is 6.06. The Morgan fingerprint density at radius 3 is 2.65 bits per heavy atom. The van der Waals surface area contributed by atoms with Crippen molar-refractivity contribution in [3.63, 3.8) is 0 Å². The van der Waals surface area contributed by atoms with Crippen LogP contribution in [0.5, 0.6) is 0 Å². The summed E-state index contributed by atoms with van der Waals surface area (Å²) in [6, 6.07) is 10.2. The van der Waals surface area contributed by atoms with Crippen molar-refractivity contribution in [1.29, 1.82) is 0 Å². The van der Waals surface area contributed by atoms with Crippen LogP contribution in [0.15, 0.2) is 30.3 Å². The molecular weight excluding hydrogens is 330 g/mol. The Balaban J connectivity index is 1.43. The molecule has 1 N–H and O–H groups in total. The number of hydrogen-bond donors (Lipinski definition) is 1. The third kappa shape index (κ3) is 4.24. The Morgan fingerprint density at radius 1 is 1.27 bits per heavy atom. The van der Waals surface area contributed by atoms with Crippen LogP contribution in [0.4, 0.5) is 0 Å². The highest BCUT2D eigenvalue weighted by Gasteiger charge is 2.49. The van der Waals surface area contributed by atoms with E-state index in [4.69, 9.17) is 4.74 Å². The van der Waals surface area contributed by atoms with Gasteiger partial charge in [-0.05, 0) is 12.0 Å². The van der Waals surface area contributed by atoms with E-state index >= 15 is 0 Å². The first-order valence-electron chi connectivity index (χ1n) is 9.27. The molecular formula is C20H29N3O3. The molecule has 6 heteroatoms. The zero-order chi connectivity index (χ0) is 18.7. The van der Waals surface area contributed by atoms with Crippen LogP contribution in [0.25, 0.3) is 0 Å². The van der Waals surface area contributed by atoms with Gasteiger partial charge in [-0.2, -0.15) is 0 Å². The van der Waals surface area contributed by atoms with Crippen LogP contribution < -0.4 is 5.32 Å². The minimum atomic E-state index is -0.0949. The van der Waals surface area contributed by atoms with Gasteiger partial charge in [0, 0.05) is 31.6 Å². The second kappa shape index (κ2) is 7.76. The quantitative estimate of drug-likeness (QED) is 0.831. The van der Waals surface area contributed by atoms with Gasteiger partial charge >= 0.3 is 0 Å². The molecule has 2 fully saturated rings. The fourth-order valence-corrected chi connectivity index (χ4v) is 3.57. The Bertz CT molecular complexity index is 647. The van der Waals surface area contributed by atoms with Gasteiger partial charge in [0.1, 0.15) is 0 Å². The molecule has 0 bridgehead atoms. The lowest BCUT2D eigenvalue weighted by Gasteiger charge is -2.51. The minimum Gasteiger partial charge on any atom is -0.373 e. The van der Waals surface area contributed by atoms with Crippen LogP contribution in [0.3, 0.4) is 0 Å². The molecule has 0 aromatic heterocycles. The van der Waals surface area contributed by atoms with Crippen LogP contribution in [0, 0.1) is 5.41 Å². The highest BCUT2D eigenvalue weighted by molar-refractivity contribution is 5.82. The van der Waals surface area contributed by atoms with Gasteiger partial charge in [0.05, 0.1) is 25.8 Å². The number of ether oxygens (including phenoxy) is 1. The molecule has 2 unspecified atom stereocenters. The Morgan fingerprint density at radius 2 is 2.00 bits per heavy atom. The van der Waals surface area contributed by atoms with Gasteiger partial charge in [0.25, 0.3) is 0 Å². The largest absolute Gasteiger partial charge is 0.373 e. The molecule has 1 saturated heterocycles. The Kier molecular flexibility index (Phi) is 5.63. The summed E-state index contributed by atoms with van der Waals surface area (Å²) in [7, 11) is 1.80. The molecule has 2 atom stereocenters. The maximum absolute atomic E-state index is 12.4. The summed E-state index contributed by atoms with van der Waals surface area (Å²) in [6.45, 7) is 6.89. The first-order chi connectivity index (χ1) is 12.4. The second-order valence-electron chi connectivity index (χ2n) is 7.99. The summed E-state index contributed by atoms with van der Waals surface area (Å²) in [4.78, 5) is 27.7. The maximum atomic E-state index is 12.4. The van der Waals surface area contributed by atoms with Crippen LogP contribution in [-0.4, -0.2) is 67.0 Å². The average Bonchev–Trinajstić information content (AvgIpc) is 2.61. The number of likely N-dealkylation sites (N-methyl/N-ethyl adjacent to an activating group) is 1. The molecule has 1 aliphatic carbocycles. The average molecular weight is 359 g/mol. The molecule has 6 nitrogen and oxygen atoms in total. The molecule has 2 amide bonds. The standard InChI is InChI=1S/C20H29N3O3/c1-20(2)16(11-17(20)26-14-15-7-5-4-6-8-15)21-18(24)12-23-10-9-22(3)19(25)13-23/h4-8,16-17H,9-14H2,1-3H3,(H,21,24). The predicted octanol–water partition coefficient (Wildman–Crippen LogP) is 1.26. The second-order valence-corrected chi connectivity index (χ2v) is 7.99. The first-order valence-corrected chi connectivity index (χ1v) is 9.27. The third-order valence-electron chi connectivity index (χ3n) is 5.71. The van der Waals surface area contributed by atoms with Crippen molar-refractivity contribution in [3.05, 3.63) is 35.9 Å². The third-order valence-corrected chi connectivity index (χ3v) is 5.71. The van der Waals surface area contributed by atoms with Crippen LogP contribution >= 0.6 is 0 Å². The van der Waals surface area contributed by atoms with E-state index in [0.717, 1.165) is 18.5 Å². The van der Waals surface area contributed by atoms with Crippen molar-refractivity contribution in [2.45, 2.75) is 39.0 Å². The van der Waals surface area contributed by atoms with E-state index in [9.17, 15) is 9.59 Å². The van der Waals surface area contributed by atoms with E-state index in [1.165, 1.54) is 0 Å². The smallest absolute Gasteiger partial charge is 0.236 e. The molecule has 26 heavy (non-hydrogen) atoms. The van der Waals surface area contributed by atoms with Gasteiger partial charge in [0.2, 0.25) is 11.8 Å². The predicted molar refractivity (Wildman–Crippen MR) is 99.4 cm³/mol. The molecule has 1 saturated carbocycles. The number of rotatable bonds is 6. The number of nitrogens with zero attached hydrogens (tertiary/aromatic N) is 2. The molecule has 142 valence electrons. The fourth-order valence-electron chi connectivity index (χ4n) is 3.57. The highest BCUT2D eigenvalue weighted by atomic mass is 16.5. The zero-order valence-electron chi connectivity index (χ0n) is 15.9. The molecule has 3 rings (SSSR count). The summed E-state index contributed by atoms with van der Waals surface area (Å²) in [6.07, 6.45) is 0.964. The van der Waals surface area contributed by atoms with E-state index < -0.39 is 0 Å². The van der Waals surface area contributed by atoms with Crippen molar-refractivity contribution < 1.29 is 14.3 Å². The number of amides is 2. The summed E-state index contributed by atoms with van der Waals surface area (Å²) in [5, 5.41) is 3.12. The fraction of sp³-hybridized carbons (Fsp3) is 0.600. The number of carbonyl (C=O) groups is 2. The Labute approximate surface area is 155 Å². The van der Waals surface area contributed by atoms with Crippen LogP contribution in [0.1, 0.15) is 25.8 Å². The summed E-state index contributed by atoms with van der Waals surface area (Å²) in [5.74, 6) is 0.0596. The zero-order valence-corrected chi connectivity index (χ0v) is 15.9. The van der Waals surface area contributed by atoms with E-state index in [0.29, 0.717) is 19.7 Å². The van der Waals surface area contributed by atoms with Crippen LogP contribution in [0.2, 0.25) is 0 Å². The lowest BCUT2D eigenvalue weighted by Crippen LogP contribution is -2.63. The van der Waals surface area contributed by atoms with Gasteiger partial charge in [0.15, 0.2) is 0 Å². The molecule has 0 spiro atoms. The molecule has 2 aliphatic rings. The molecule has 1 aliphatic heterocycles. The molecule has 1 heterocycles. The van der Waals surface area contributed by atoms with Gasteiger partial charge < -0.3 is 15.0 Å². The maximum Gasteiger partial charge on any atom is 0.236 e. The van der Waals surface area contributed by atoms with Gasteiger partial charge in [-0.25, -0.2) is 0 Å². The van der Waals surface area contributed by atoms with Crippen molar-refractivity contribution >= 4 is 11.8 Å². The lowest BCUT2D eigenvalue weighted by molar-refractivity contribution is -0.143. The van der Waals surface area contributed by atoms with Crippen LogP contribution in [-0.2, 0) is 20.9 Å². The lowest BCUT2D eigenvalue weighted by atomic mass is 9.64. The topological polar surface area (TPSA) is 61.9 Å². The van der Waals surface area contributed by atoms with E-state index in [1.807, 2.05) is 23.1 Å². The van der Waals surface area contributed by atoms with Gasteiger partial charge in [-0.3, -0.25) is 14.5 Å². The van der Waals surface area contributed by atoms with Crippen molar-refractivity contribution in [2.24, 2.45) is 5.41 Å². The Hall–Kier alpha value is -1.92. The minimum absolute atomic E-state index is 0.0121. The number of nitrogens with one attached hydrogen (secondary N) is 1. The molecule has 1 aromatic rings. The SMILES string of the molecule is CN1CCN(CC(=O)NC2CC(OCc3ccccc3)C2(C)C)CC1=O. The molecule has 0 radical (unpaired) electrons. The monoisotopic (exact) mass is 359 g/mol. The normalized spacial score (nSPS) is 25.7. The van der Waals surface area contributed by atoms with Crippen molar-refractivity contribution in [3.8, 4) is 0 Å². The number of piperazine rings is 1. The van der Waals surface area contributed by atoms with E-state index in [1.54, 1.807) is 11.9 Å².